The summed E-state index contributed by atoms with van der Waals surface area (Å²) >= 11 is 5.89. The van der Waals surface area contributed by atoms with Gasteiger partial charge in [0.2, 0.25) is 0 Å². The summed E-state index contributed by atoms with van der Waals surface area (Å²) in [4.78, 5) is 15.3. The molecule has 20 heavy (non-hydrogen) atoms. The van der Waals surface area contributed by atoms with Gasteiger partial charge in [0.05, 0.1) is 6.33 Å². The lowest BCUT2D eigenvalue weighted by atomic mass is 10.1. The third kappa shape index (κ3) is 2.19. The number of aromatic amines is 1. The Kier molecular flexibility index (Phi) is 3.03. The summed E-state index contributed by atoms with van der Waals surface area (Å²) in [5.74, 6) is 0.640. The van der Waals surface area contributed by atoms with Crippen molar-refractivity contribution in [2.45, 2.75) is 6.54 Å². The summed E-state index contributed by atoms with van der Waals surface area (Å²) in [7, 11) is 0. The maximum absolute atomic E-state index is 5.92. The van der Waals surface area contributed by atoms with Crippen molar-refractivity contribution in [3.8, 4) is 0 Å². The first kappa shape index (κ1) is 12.5. The lowest BCUT2D eigenvalue weighted by Crippen LogP contribution is -2.08. The van der Waals surface area contributed by atoms with Crippen molar-refractivity contribution in [1.29, 1.82) is 0 Å². The van der Waals surface area contributed by atoms with Gasteiger partial charge in [-0.05, 0) is 12.1 Å². The normalized spacial score (nSPS) is 10.8. The zero-order chi connectivity index (χ0) is 14.1. The molecular weight excluding hydrogens is 278 g/mol. The number of aromatic nitrogens is 4. The zero-order valence-corrected chi connectivity index (χ0v) is 11.1. The molecule has 0 unspecified atom stereocenters. The van der Waals surface area contributed by atoms with E-state index in [9.17, 15) is 0 Å². The molecule has 8 heteroatoms. The van der Waals surface area contributed by atoms with Crippen molar-refractivity contribution in [2.24, 2.45) is 0 Å². The quantitative estimate of drug-likeness (QED) is 0.546. The van der Waals surface area contributed by atoms with Crippen molar-refractivity contribution in [2.75, 3.05) is 16.8 Å². The number of nitrogens with zero attached hydrogens (tertiary/aromatic N) is 3. The van der Waals surface area contributed by atoms with Gasteiger partial charge >= 0.3 is 0 Å². The molecule has 0 fully saturated rings. The predicted octanol–water partition coefficient (Wildman–Crippen LogP) is 1.78. The Bertz CT molecular complexity index is 744. The Labute approximate surface area is 119 Å². The number of H-pyrrole nitrogens is 1. The van der Waals surface area contributed by atoms with E-state index in [0.717, 1.165) is 11.1 Å². The highest BCUT2D eigenvalue weighted by Crippen LogP contribution is 2.26. The molecule has 0 atom stereocenters. The van der Waals surface area contributed by atoms with Gasteiger partial charge in [0.1, 0.15) is 11.8 Å². The van der Waals surface area contributed by atoms with Gasteiger partial charge in [0.25, 0.3) is 0 Å². The first-order valence-corrected chi connectivity index (χ1v) is 6.24. The Hall–Kier alpha value is -2.54. The Morgan fingerprint density at radius 3 is 2.65 bits per heavy atom. The molecule has 2 aromatic heterocycles. The fourth-order valence-corrected chi connectivity index (χ4v) is 2.19. The highest BCUT2D eigenvalue weighted by Gasteiger charge is 2.09. The molecule has 2 heterocycles. The topological polar surface area (TPSA) is 119 Å². The van der Waals surface area contributed by atoms with E-state index in [0.29, 0.717) is 34.4 Å². The molecule has 7 nitrogen and oxygen atoms in total. The molecule has 0 aliphatic rings. The maximum atomic E-state index is 5.92. The zero-order valence-electron chi connectivity index (χ0n) is 10.4. The molecule has 3 rings (SSSR count). The van der Waals surface area contributed by atoms with Gasteiger partial charge in [0, 0.05) is 28.5 Å². The molecule has 0 spiro atoms. The average molecular weight is 290 g/mol. The lowest BCUT2D eigenvalue weighted by molar-refractivity contribution is 1.10. The van der Waals surface area contributed by atoms with E-state index in [4.69, 9.17) is 23.1 Å². The van der Waals surface area contributed by atoms with Gasteiger partial charge < -0.3 is 21.8 Å². The molecule has 0 aliphatic heterocycles. The van der Waals surface area contributed by atoms with Crippen LogP contribution >= 0.6 is 11.6 Å². The van der Waals surface area contributed by atoms with E-state index in [1.165, 1.54) is 6.33 Å². The maximum Gasteiger partial charge on any atom is 0.182 e. The number of imidazole rings is 1. The van der Waals surface area contributed by atoms with Crippen LogP contribution in [0.2, 0.25) is 5.02 Å². The van der Waals surface area contributed by atoms with Crippen LogP contribution in [-0.4, -0.2) is 19.9 Å². The molecular formula is C12H12ClN7. The predicted molar refractivity (Wildman–Crippen MR) is 79.3 cm³/mol. The molecule has 0 saturated heterocycles. The number of nitrogen functional groups attached to an aromatic ring is 2. The van der Waals surface area contributed by atoms with E-state index in [-0.39, 0.29) is 0 Å². The van der Waals surface area contributed by atoms with Crippen molar-refractivity contribution in [3.05, 3.63) is 35.4 Å². The SMILES string of the molecule is Nc1cc(Cl)cc(N)c1CNc1ncnc2nc[nH]c12. The van der Waals surface area contributed by atoms with Crippen LogP contribution in [0.15, 0.2) is 24.8 Å². The van der Waals surface area contributed by atoms with Crippen LogP contribution in [0, 0.1) is 0 Å². The molecule has 0 saturated carbocycles. The standard InChI is InChI=1S/C12H12ClN7/c13-6-1-8(14)7(9(15)2-6)3-16-11-10-12(18-4-17-10)20-5-19-11/h1-2,4-5H,3,14-15H2,(H2,16,17,18,19,20). The summed E-state index contributed by atoms with van der Waals surface area (Å²) < 4.78 is 0. The molecule has 3 aromatic rings. The monoisotopic (exact) mass is 289 g/mol. The van der Waals surface area contributed by atoms with Gasteiger partial charge in [-0.25, -0.2) is 15.0 Å². The molecule has 0 aliphatic carbocycles. The minimum Gasteiger partial charge on any atom is -0.398 e. The fraction of sp³-hybridized carbons (Fsp3) is 0.0833. The number of anilines is 3. The van der Waals surface area contributed by atoms with Crippen LogP contribution in [-0.2, 0) is 6.54 Å². The minimum absolute atomic E-state index is 0.431. The molecule has 0 bridgehead atoms. The van der Waals surface area contributed by atoms with E-state index >= 15 is 0 Å². The number of halogens is 1. The number of nitrogens with two attached hydrogens (primary N) is 2. The van der Waals surface area contributed by atoms with E-state index in [2.05, 4.69) is 25.3 Å². The van der Waals surface area contributed by atoms with Gasteiger partial charge in [-0.15, -0.1) is 0 Å². The summed E-state index contributed by atoms with van der Waals surface area (Å²) in [6.07, 6.45) is 3.01. The second kappa shape index (κ2) is 4.86. The van der Waals surface area contributed by atoms with E-state index in [1.807, 2.05) is 0 Å². The summed E-state index contributed by atoms with van der Waals surface area (Å²) in [5.41, 5.74) is 15.0. The van der Waals surface area contributed by atoms with Gasteiger partial charge in [-0.1, -0.05) is 11.6 Å². The van der Waals surface area contributed by atoms with Crippen LogP contribution in [0.4, 0.5) is 17.2 Å². The number of hydrogen-bond donors (Lipinski definition) is 4. The Balaban J connectivity index is 1.89. The summed E-state index contributed by atoms with van der Waals surface area (Å²) in [6, 6.07) is 3.33. The van der Waals surface area contributed by atoms with Crippen LogP contribution < -0.4 is 16.8 Å². The Morgan fingerprint density at radius 1 is 1.15 bits per heavy atom. The van der Waals surface area contributed by atoms with E-state index < -0.39 is 0 Å². The second-order valence-corrected chi connectivity index (χ2v) is 4.68. The second-order valence-electron chi connectivity index (χ2n) is 4.24. The van der Waals surface area contributed by atoms with E-state index in [1.54, 1.807) is 18.5 Å². The lowest BCUT2D eigenvalue weighted by Gasteiger charge is -2.11. The summed E-state index contributed by atoms with van der Waals surface area (Å²) in [5, 5.41) is 3.68. The van der Waals surface area contributed by atoms with Crippen LogP contribution in [0.1, 0.15) is 5.56 Å². The molecule has 102 valence electrons. The number of fused-ring (bicyclic) bond motifs is 1. The smallest absolute Gasteiger partial charge is 0.182 e. The first-order valence-electron chi connectivity index (χ1n) is 5.86. The number of hydrogen-bond acceptors (Lipinski definition) is 6. The third-order valence-electron chi connectivity index (χ3n) is 2.94. The minimum atomic E-state index is 0.431. The summed E-state index contributed by atoms with van der Waals surface area (Å²) in [6.45, 7) is 0.431. The first-order chi connectivity index (χ1) is 9.65. The Morgan fingerprint density at radius 2 is 1.90 bits per heavy atom. The van der Waals surface area contributed by atoms with Crippen molar-refractivity contribution in [1.82, 2.24) is 19.9 Å². The average Bonchev–Trinajstić information content (AvgIpc) is 2.86. The molecule has 1 aromatic carbocycles. The van der Waals surface area contributed by atoms with Crippen molar-refractivity contribution in [3.63, 3.8) is 0 Å². The molecule has 0 radical (unpaired) electrons. The fourth-order valence-electron chi connectivity index (χ4n) is 1.95. The van der Waals surface area contributed by atoms with Crippen LogP contribution in [0.5, 0.6) is 0 Å². The van der Waals surface area contributed by atoms with Gasteiger partial charge in [-0.3, -0.25) is 0 Å². The largest absolute Gasteiger partial charge is 0.398 e. The number of nitrogens with one attached hydrogen (secondary N) is 2. The molecule has 6 N–H and O–H groups in total. The van der Waals surface area contributed by atoms with Crippen molar-refractivity contribution < 1.29 is 0 Å². The highest BCUT2D eigenvalue weighted by molar-refractivity contribution is 6.31. The van der Waals surface area contributed by atoms with Crippen LogP contribution in [0.3, 0.4) is 0 Å². The van der Waals surface area contributed by atoms with Crippen molar-refractivity contribution >= 4 is 40.0 Å². The van der Waals surface area contributed by atoms with Gasteiger partial charge in [-0.2, -0.15) is 0 Å². The number of benzene rings is 1. The molecule has 0 amide bonds. The number of rotatable bonds is 3. The van der Waals surface area contributed by atoms with Gasteiger partial charge in [0.15, 0.2) is 11.5 Å². The van der Waals surface area contributed by atoms with Crippen LogP contribution in [0.25, 0.3) is 11.2 Å². The third-order valence-corrected chi connectivity index (χ3v) is 3.16. The highest BCUT2D eigenvalue weighted by atomic mass is 35.5.